The van der Waals surface area contributed by atoms with Crippen LogP contribution in [0.5, 0.6) is 0 Å². The van der Waals surface area contributed by atoms with Gasteiger partial charge in [-0.2, -0.15) is 13.2 Å². The zero-order chi connectivity index (χ0) is 19.8. The van der Waals surface area contributed by atoms with Crippen molar-refractivity contribution in [1.29, 1.82) is 0 Å². The molecule has 0 saturated heterocycles. The van der Waals surface area contributed by atoms with Gasteiger partial charge >= 0.3 is 12.1 Å². The number of carboxylic acid groups (broad SMARTS) is 1. The first-order valence-corrected chi connectivity index (χ1v) is 7.87. The van der Waals surface area contributed by atoms with Crippen molar-refractivity contribution in [1.82, 2.24) is 9.55 Å². The first kappa shape index (κ1) is 18.4. The number of carbonyl (C=O) groups excluding carboxylic acids is 1. The summed E-state index contributed by atoms with van der Waals surface area (Å²) in [7, 11) is 0. The van der Waals surface area contributed by atoms with Crippen LogP contribution in [0.4, 0.5) is 18.9 Å². The molecule has 1 atom stereocenters. The van der Waals surface area contributed by atoms with E-state index in [2.05, 4.69) is 10.3 Å². The van der Waals surface area contributed by atoms with Gasteiger partial charge in [0.25, 0.3) is 0 Å². The molecule has 2 aromatic carbocycles. The molecule has 140 valence electrons. The van der Waals surface area contributed by atoms with E-state index in [1.165, 1.54) is 43.3 Å². The van der Waals surface area contributed by atoms with Crippen LogP contribution >= 0.6 is 0 Å². The fraction of sp³-hybridized carbons (Fsp3) is 0.167. The lowest BCUT2D eigenvalue weighted by molar-refractivity contribution is -0.148. The lowest BCUT2D eigenvalue weighted by atomic mass is 10.1. The number of nitrogens with one attached hydrogen (secondary N) is 1. The second-order valence-corrected chi connectivity index (χ2v) is 5.81. The number of para-hydroxylation sites is 3. The molecule has 0 saturated carbocycles. The second kappa shape index (κ2) is 6.75. The Hall–Kier alpha value is -3.36. The zero-order valence-corrected chi connectivity index (χ0v) is 14.0. The molecule has 0 spiro atoms. The number of carboxylic acids is 1. The summed E-state index contributed by atoms with van der Waals surface area (Å²) < 4.78 is 41.0. The number of anilines is 1. The quantitative estimate of drug-likeness (QED) is 0.721. The molecule has 0 fully saturated rings. The van der Waals surface area contributed by atoms with E-state index in [0.29, 0.717) is 0 Å². The van der Waals surface area contributed by atoms with E-state index in [1.807, 2.05) is 0 Å². The molecule has 0 aliphatic carbocycles. The molecule has 2 N–H and O–H groups in total. The van der Waals surface area contributed by atoms with Crippen LogP contribution in [0.25, 0.3) is 11.0 Å². The molecule has 1 heterocycles. The van der Waals surface area contributed by atoms with E-state index in [0.717, 1.165) is 4.57 Å². The van der Waals surface area contributed by atoms with Crippen molar-refractivity contribution in [2.45, 2.75) is 19.1 Å². The van der Waals surface area contributed by atoms with Crippen LogP contribution in [0, 0.1) is 0 Å². The van der Waals surface area contributed by atoms with Gasteiger partial charge in [-0.25, -0.2) is 9.78 Å². The van der Waals surface area contributed by atoms with Gasteiger partial charge in [0.15, 0.2) is 0 Å². The average molecular weight is 377 g/mol. The molecule has 3 rings (SSSR count). The maximum Gasteiger partial charge on any atom is 0.449 e. The normalized spacial score (nSPS) is 12.7. The Morgan fingerprint density at radius 2 is 1.74 bits per heavy atom. The molecular weight excluding hydrogens is 363 g/mol. The number of fused-ring (bicyclic) bond motifs is 1. The highest BCUT2D eigenvalue weighted by Crippen LogP contribution is 2.34. The first-order valence-electron chi connectivity index (χ1n) is 7.87. The Morgan fingerprint density at radius 1 is 1.11 bits per heavy atom. The fourth-order valence-electron chi connectivity index (χ4n) is 2.77. The Bertz CT molecular complexity index is 1030. The highest BCUT2D eigenvalue weighted by atomic mass is 19.4. The maximum absolute atomic E-state index is 13.4. The molecule has 9 heteroatoms. The number of aromatic nitrogens is 2. The highest BCUT2D eigenvalue weighted by Gasteiger charge is 2.39. The summed E-state index contributed by atoms with van der Waals surface area (Å²) in [5, 5.41) is 11.6. The second-order valence-electron chi connectivity index (χ2n) is 5.81. The molecule has 3 aromatic rings. The molecule has 0 bridgehead atoms. The zero-order valence-electron chi connectivity index (χ0n) is 14.0. The third-order valence-electron chi connectivity index (χ3n) is 4.03. The first-order chi connectivity index (χ1) is 12.7. The molecule has 0 unspecified atom stereocenters. The molecular formula is C18H14F3N3O3. The van der Waals surface area contributed by atoms with Gasteiger partial charge in [0.2, 0.25) is 11.7 Å². The van der Waals surface area contributed by atoms with Gasteiger partial charge in [0.1, 0.15) is 6.04 Å². The van der Waals surface area contributed by atoms with Crippen LogP contribution in [-0.4, -0.2) is 26.5 Å². The minimum atomic E-state index is -4.76. The Balaban J connectivity index is 2.02. The van der Waals surface area contributed by atoms with Crippen LogP contribution in [0.3, 0.4) is 0 Å². The van der Waals surface area contributed by atoms with Gasteiger partial charge in [0.05, 0.1) is 22.3 Å². The van der Waals surface area contributed by atoms with E-state index in [4.69, 9.17) is 0 Å². The maximum atomic E-state index is 13.4. The average Bonchev–Trinajstić information content (AvgIpc) is 3.01. The molecule has 6 nitrogen and oxygen atoms in total. The number of halogens is 3. The number of alkyl halides is 3. The summed E-state index contributed by atoms with van der Waals surface area (Å²) in [6, 6.07) is 10.3. The SMILES string of the molecule is C[C@H](C(=O)Nc1ccccc1C(=O)O)n1c(C(F)(F)F)nc2ccccc21. The van der Waals surface area contributed by atoms with E-state index < -0.39 is 29.9 Å². The van der Waals surface area contributed by atoms with Gasteiger partial charge in [-0.1, -0.05) is 24.3 Å². The van der Waals surface area contributed by atoms with Crippen molar-refractivity contribution < 1.29 is 27.9 Å². The smallest absolute Gasteiger partial charge is 0.449 e. The van der Waals surface area contributed by atoms with Crippen LogP contribution in [0.1, 0.15) is 29.1 Å². The Morgan fingerprint density at radius 3 is 2.41 bits per heavy atom. The van der Waals surface area contributed by atoms with Crippen molar-refractivity contribution in [3.63, 3.8) is 0 Å². The third kappa shape index (κ3) is 3.48. The van der Waals surface area contributed by atoms with Crippen LogP contribution in [0.15, 0.2) is 48.5 Å². The molecule has 1 amide bonds. The van der Waals surface area contributed by atoms with Gasteiger partial charge in [-0.05, 0) is 31.2 Å². The van der Waals surface area contributed by atoms with Gasteiger partial charge in [-0.3, -0.25) is 4.79 Å². The van der Waals surface area contributed by atoms with Crippen molar-refractivity contribution in [3.8, 4) is 0 Å². The van der Waals surface area contributed by atoms with Crippen LogP contribution < -0.4 is 5.32 Å². The molecule has 1 aromatic heterocycles. The summed E-state index contributed by atoms with van der Waals surface area (Å²) >= 11 is 0. The number of hydrogen-bond donors (Lipinski definition) is 2. The monoisotopic (exact) mass is 377 g/mol. The summed E-state index contributed by atoms with van der Waals surface area (Å²) in [6.45, 7) is 1.29. The van der Waals surface area contributed by atoms with E-state index in [1.54, 1.807) is 12.1 Å². The van der Waals surface area contributed by atoms with Gasteiger partial charge in [0, 0.05) is 0 Å². The van der Waals surface area contributed by atoms with Gasteiger partial charge in [-0.15, -0.1) is 0 Å². The lowest BCUT2D eigenvalue weighted by Crippen LogP contribution is -2.28. The number of benzene rings is 2. The predicted octanol–water partition coefficient (Wildman–Crippen LogP) is 3.95. The Labute approximate surface area is 151 Å². The fourth-order valence-corrected chi connectivity index (χ4v) is 2.77. The predicted molar refractivity (Wildman–Crippen MR) is 91.5 cm³/mol. The minimum absolute atomic E-state index is 0.000158. The number of aromatic carboxylic acids is 1. The molecule has 0 aliphatic heterocycles. The number of hydrogen-bond acceptors (Lipinski definition) is 3. The summed E-state index contributed by atoms with van der Waals surface area (Å²) in [5.74, 6) is -3.25. The minimum Gasteiger partial charge on any atom is -0.478 e. The summed E-state index contributed by atoms with van der Waals surface area (Å²) in [4.78, 5) is 27.4. The standard InChI is InChI=1S/C18H14F3N3O3/c1-10(15(25)22-12-7-3-2-6-11(12)16(26)27)24-14-9-5-4-8-13(14)23-17(24)18(19,20)21/h2-10H,1H3,(H,22,25)(H,26,27)/t10-/m1/s1. The molecule has 27 heavy (non-hydrogen) atoms. The van der Waals surface area contributed by atoms with Crippen LogP contribution in [-0.2, 0) is 11.0 Å². The van der Waals surface area contributed by atoms with Crippen molar-refractivity contribution in [3.05, 3.63) is 59.9 Å². The Kier molecular flexibility index (Phi) is 4.61. The molecule has 0 aliphatic rings. The number of nitrogens with zero attached hydrogens (tertiary/aromatic N) is 2. The topological polar surface area (TPSA) is 84.2 Å². The number of carbonyl (C=O) groups is 2. The van der Waals surface area contributed by atoms with Crippen LogP contribution in [0.2, 0.25) is 0 Å². The van der Waals surface area contributed by atoms with E-state index in [9.17, 15) is 27.9 Å². The highest BCUT2D eigenvalue weighted by molar-refractivity contribution is 6.01. The van der Waals surface area contributed by atoms with Gasteiger partial charge < -0.3 is 15.0 Å². The third-order valence-corrected chi connectivity index (χ3v) is 4.03. The van der Waals surface area contributed by atoms with E-state index in [-0.39, 0.29) is 22.3 Å². The number of rotatable bonds is 4. The van der Waals surface area contributed by atoms with Crippen molar-refractivity contribution in [2.75, 3.05) is 5.32 Å². The largest absolute Gasteiger partial charge is 0.478 e. The molecule has 0 radical (unpaired) electrons. The summed E-state index contributed by atoms with van der Waals surface area (Å²) in [6.07, 6.45) is -4.76. The lowest BCUT2D eigenvalue weighted by Gasteiger charge is -2.19. The van der Waals surface area contributed by atoms with E-state index >= 15 is 0 Å². The summed E-state index contributed by atoms with van der Waals surface area (Å²) in [5.41, 5.74) is 0.0961. The van der Waals surface area contributed by atoms with Crippen molar-refractivity contribution in [2.24, 2.45) is 0 Å². The van der Waals surface area contributed by atoms with Crippen molar-refractivity contribution >= 4 is 28.6 Å². The number of amides is 1. The number of imidazole rings is 1.